The van der Waals surface area contributed by atoms with Crippen LogP contribution in [0, 0.1) is 0 Å². The summed E-state index contributed by atoms with van der Waals surface area (Å²) in [6.45, 7) is 6.98. The highest BCUT2D eigenvalue weighted by Crippen LogP contribution is 2.65. The van der Waals surface area contributed by atoms with Gasteiger partial charge in [0.1, 0.15) is 5.82 Å². The van der Waals surface area contributed by atoms with Gasteiger partial charge in [-0.15, -0.1) is 0 Å². The van der Waals surface area contributed by atoms with Crippen LogP contribution in [-0.4, -0.2) is 9.55 Å². The van der Waals surface area contributed by atoms with Gasteiger partial charge in [-0.3, -0.25) is 4.57 Å². The maximum atomic E-state index is 5.63. The Hall–Kier alpha value is -7.75. The standard InChI is InChI=1S/C60H45N3/c1-59(2,3)43-32-34-48-47-28-16-18-30-51(47)60(53(48)38-43)52-31-19-17-29-49(52)58-57(60)50-39-46(62(44-24-12-6-13-25-44)45-26-14-7-15-27-45)33-35-55(50)63(58)56-37-42(40-20-8-4-9-21-40)36-54(61-56)41-22-10-5-11-23-41/h4-39H,1-3H3. The zero-order valence-corrected chi connectivity index (χ0v) is 35.6. The first-order valence-electron chi connectivity index (χ1n) is 22.0. The van der Waals surface area contributed by atoms with Crippen molar-refractivity contribution in [3.63, 3.8) is 0 Å². The molecule has 3 nitrogen and oxygen atoms in total. The minimum atomic E-state index is -0.592. The van der Waals surface area contributed by atoms with Gasteiger partial charge in [-0.25, -0.2) is 4.98 Å². The van der Waals surface area contributed by atoms with Crippen LogP contribution >= 0.6 is 0 Å². The molecule has 0 radical (unpaired) electrons. The fourth-order valence-corrected chi connectivity index (χ4v) is 10.5. The maximum absolute atomic E-state index is 5.63. The molecule has 0 fully saturated rings. The first-order chi connectivity index (χ1) is 30.9. The predicted octanol–water partition coefficient (Wildman–Crippen LogP) is 15.5. The molecule has 1 unspecified atom stereocenters. The monoisotopic (exact) mass is 807 g/mol. The third kappa shape index (κ3) is 5.63. The molecule has 300 valence electrons. The number of hydrogen-bond donors (Lipinski definition) is 0. The molecule has 1 spiro atoms. The summed E-state index contributed by atoms with van der Waals surface area (Å²) < 4.78 is 2.48. The molecule has 2 heterocycles. The van der Waals surface area contributed by atoms with Crippen LogP contribution in [0.1, 0.15) is 48.6 Å². The lowest BCUT2D eigenvalue weighted by molar-refractivity contribution is 0.588. The lowest BCUT2D eigenvalue weighted by Gasteiger charge is -2.32. The number of anilines is 3. The lowest BCUT2D eigenvalue weighted by Crippen LogP contribution is -2.26. The van der Waals surface area contributed by atoms with Gasteiger partial charge in [-0.2, -0.15) is 0 Å². The SMILES string of the molecule is CC(C)(C)c1ccc2c(c1)C1(c3ccccc3-2)c2ccccc2-c2c1c1cc(N(c3ccccc3)c3ccccc3)ccc1n2-c1cc(-c2ccccc2)cc(-c2ccccc2)n1. The van der Waals surface area contributed by atoms with Crippen LogP contribution in [0.3, 0.4) is 0 Å². The topological polar surface area (TPSA) is 21.1 Å². The second-order valence-electron chi connectivity index (χ2n) is 17.9. The number of fused-ring (bicyclic) bond motifs is 12. The molecular formula is C60H45N3. The normalized spacial score (nSPS) is 14.7. The second-order valence-corrected chi connectivity index (χ2v) is 17.9. The van der Waals surface area contributed by atoms with Crippen molar-refractivity contribution in [1.29, 1.82) is 0 Å². The molecule has 0 aliphatic heterocycles. The molecule has 0 amide bonds. The van der Waals surface area contributed by atoms with E-state index in [1.54, 1.807) is 0 Å². The van der Waals surface area contributed by atoms with Crippen LogP contribution in [0.5, 0.6) is 0 Å². The molecule has 2 aromatic heterocycles. The maximum Gasteiger partial charge on any atom is 0.138 e. The van der Waals surface area contributed by atoms with Crippen LogP contribution in [0.2, 0.25) is 0 Å². The number of hydrogen-bond acceptors (Lipinski definition) is 2. The van der Waals surface area contributed by atoms with Crippen LogP contribution in [0.4, 0.5) is 17.1 Å². The lowest BCUT2D eigenvalue weighted by atomic mass is 9.69. The van der Waals surface area contributed by atoms with Crippen LogP contribution < -0.4 is 4.90 Å². The van der Waals surface area contributed by atoms with Crippen LogP contribution in [0.25, 0.3) is 61.5 Å². The fourth-order valence-electron chi connectivity index (χ4n) is 10.5. The Bertz CT molecular complexity index is 3260. The first kappa shape index (κ1) is 37.0. The van der Waals surface area contributed by atoms with Crippen molar-refractivity contribution in [2.45, 2.75) is 31.6 Å². The molecular weight excluding hydrogens is 763 g/mol. The summed E-state index contributed by atoms with van der Waals surface area (Å²) in [5, 5.41) is 1.20. The van der Waals surface area contributed by atoms with Gasteiger partial charge in [0, 0.05) is 39.1 Å². The Morgan fingerprint density at radius 2 is 1.00 bits per heavy atom. The van der Waals surface area contributed by atoms with Gasteiger partial charge in [0.15, 0.2) is 0 Å². The molecule has 63 heavy (non-hydrogen) atoms. The highest BCUT2D eigenvalue weighted by molar-refractivity contribution is 6.06. The van der Waals surface area contributed by atoms with Crippen molar-refractivity contribution in [2.24, 2.45) is 0 Å². The summed E-state index contributed by atoms with van der Waals surface area (Å²) in [5.74, 6) is 0.888. The van der Waals surface area contributed by atoms with Gasteiger partial charge in [0.25, 0.3) is 0 Å². The minimum Gasteiger partial charge on any atom is -0.310 e. The van der Waals surface area contributed by atoms with Crippen molar-refractivity contribution >= 4 is 28.0 Å². The average molecular weight is 808 g/mol. The first-order valence-corrected chi connectivity index (χ1v) is 22.0. The third-order valence-corrected chi connectivity index (χ3v) is 13.3. The Morgan fingerprint density at radius 3 is 1.65 bits per heavy atom. The smallest absolute Gasteiger partial charge is 0.138 e. The predicted molar refractivity (Wildman–Crippen MR) is 262 cm³/mol. The second kappa shape index (κ2) is 14.2. The molecule has 3 heteroatoms. The van der Waals surface area contributed by atoms with Crippen molar-refractivity contribution in [1.82, 2.24) is 9.55 Å². The molecule has 0 bridgehead atoms. The Balaban J connectivity index is 1.25. The largest absolute Gasteiger partial charge is 0.310 e. The third-order valence-electron chi connectivity index (χ3n) is 13.3. The Kier molecular flexibility index (Phi) is 8.32. The molecule has 0 saturated carbocycles. The average Bonchev–Trinajstić information content (AvgIpc) is 3.94. The zero-order valence-electron chi connectivity index (χ0n) is 35.6. The molecule has 12 rings (SSSR count). The van der Waals surface area contributed by atoms with E-state index in [1.165, 1.54) is 55.6 Å². The van der Waals surface area contributed by atoms with E-state index in [-0.39, 0.29) is 5.41 Å². The molecule has 0 N–H and O–H groups in total. The molecule has 1 atom stereocenters. The van der Waals surface area contributed by atoms with E-state index < -0.39 is 5.41 Å². The summed E-state index contributed by atoms with van der Waals surface area (Å²) in [4.78, 5) is 8.01. The highest BCUT2D eigenvalue weighted by atomic mass is 15.1. The van der Waals surface area contributed by atoms with E-state index in [0.29, 0.717) is 0 Å². The van der Waals surface area contributed by atoms with E-state index >= 15 is 0 Å². The summed E-state index contributed by atoms with van der Waals surface area (Å²) in [6.07, 6.45) is 0. The van der Waals surface area contributed by atoms with Gasteiger partial charge < -0.3 is 4.90 Å². The quantitative estimate of drug-likeness (QED) is 0.167. The highest BCUT2D eigenvalue weighted by Gasteiger charge is 2.54. The van der Waals surface area contributed by atoms with E-state index in [0.717, 1.165) is 50.8 Å². The summed E-state index contributed by atoms with van der Waals surface area (Å²) in [7, 11) is 0. The van der Waals surface area contributed by atoms with Crippen molar-refractivity contribution in [3.05, 3.63) is 246 Å². The molecule has 0 saturated heterocycles. The Morgan fingerprint density at radius 1 is 0.444 bits per heavy atom. The van der Waals surface area contributed by atoms with Gasteiger partial charge in [-0.1, -0.05) is 185 Å². The Labute approximate surface area is 369 Å². The zero-order chi connectivity index (χ0) is 42.3. The van der Waals surface area contributed by atoms with E-state index in [1.807, 2.05) is 0 Å². The van der Waals surface area contributed by atoms with Crippen molar-refractivity contribution in [3.8, 4) is 50.6 Å². The number of pyridine rings is 1. The van der Waals surface area contributed by atoms with Gasteiger partial charge in [-0.05, 0) is 105 Å². The number of rotatable bonds is 6. The molecule has 2 aliphatic carbocycles. The molecule has 10 aromatic rings. The summed E-state index contributed by atoms with van der Waals surface area (Å²) in [5.41, 5.74) is 19.7. The van der Waals surface area contributed by atoms with Gasteiger partial charge in [0.2, 0.25) is 0 Å². The minimum absolute atomic E-state index is 0.0470. The van der Waals surface area contributed by atoms with E-state index in [4.69, 9.17) is 4.98 Å². The van der Waals surface area contributed by atoms with E-state index in [2.05, 4.69) is 249 Å². The van der Waals surface area contributed by atoms with Crippen molar-refractivity contribution in [2.75, 3.05) is 4.90 Å². The number of nitrogens with zero attached hydrogens (tertiary/aromatic N) is 3. The molecule has 2 aliphatic rings. The number of benzene rings is 8. The van der Waals surface area contributed by atoms with Crippen molar-refractivity contribution < 1.29 is 0 Å². The summed E-state index contributed by atoms with van der Waals surface area (Å²) >= 11 is 0. The summed E-state index contributed by atoms with van der Waals surface area (Å²) in [6, 6.07) is 79.9. The van der Waals surface area contributed by atoms with Crippen LogP contribution in [0.15, 0.2) is 218 Å². The van der Waals surface area contributed by atoms with Crippen LogP contribution in [-0.2, 0) is 10.8 Å². The van der Waals surface area contributed by atoms with Gasteiger partial charge >= 0.3 is 0 Å². The fraction of sp³-hybridized carbons (Fsp3) is 0.0833. The van der Waals surface area contributed by atoms with Gasteiger partial charge in [0.05, 0.1) is 22.3 Å². The molecule has 8 aromatic carbocycles. The number of aromatic nitrogens is 2. The number of para-hydroxylation sites is 2. The van der Waals surface area contributed by atoms with E-state index in [9.17, 15) is 0 Å².